The lowest BCUT2D eigenvalue weighted by Gasteiger charge is -2.34. The van der Waals surface area contributed by atoms with Crippen LogP contribution in [-0.4, -0.2) is 44.7 Å². The van der Waals surface area contributed by atoms with Crippen LogP contribution in [0.15, 0.2) is 29.1 Å². The Balaban J connectivity index is 1.57. The van der Waals surface area contributed by atoms with Crippen molar-refractivity contribution in [3.8, 4) is 0 Å². The Bertz CT molecular complexity index is 811. The number of nitrogens with zero attached hydrogens (tertiary/aromatic N) is 4. The Kier molecular flexibility index (Phi) is 3.84. The number of Topliss-reactive ketones (excluding diaryl/α,β-unsaturated/α-hetero) is 1. The molecule has 2 aromatic rings. The van der Waals surface area contributed by atoms with Gasteiger partial charge in [-0.1, -0.05) is 29.8 Å². The van der Waals surface area contributed by atoms with Crippen LogP contribution in [0.3, 0.4) is 0 Å². The summed E-state index contributed by atoms with van der Waals surface area (Å²) in [6.07, 6.45) is 2.88. The average molecular weight is 326 g/mol. The van der Waals surface area contributed by atoms with Crippen LogP contribution in [0.2, 0.25) is 0 Å². The smallest absolute Gasteiger partial charge is 0.297 e. The van der Waals surface area contributed by atoms with Crippen LogP contribution in [-0.2, 0) is 17.8 Å². The minimum Gasteiger partial charge on any atom is -0.297 e. The summed E-state index contributed by atoms with van der Waals surface area (Å²) in [7, 11) is 0. The number of aryl methyl sites for hydroxylation is 2. The van der Waals surface area contributed by atoms with Crippen LogP contribution >= 0.6 is 0 Å². The maximum Gasteiger partial charge on any atom is 0.346 e. The maximum absolute atomic E-state index is 12.8. The molecular weight excluding hydrogens is 304 g/mol. The lowest BCUT2D eigenvalue weighted by atomic mass is 10.0. The van der Waals surface area contributed by atoms with Crippen molar-refractivity contribution in [1.29, 1.82) is 0 Å². The van der Waals surface area contributed by atoms with Gasteiger partial charge in [-0.3, -0.25) is 14.3 Å². The van der Waals surface area contributed by atoms with E-state index >= 15 is 0 Å². The van der Waals surface area contributed by atoms with Crippen molar-refractivity contribution in [2.45, 2.75) is 38.8 Å². The van der Waals surface area contributed by atoms with Crippen molar-refractivity contribution < 1.29 is 4.79 Å². The van der Waals surface area contributed by atoms with Gasteiger partial charge >= 0.3 is 5.69 Å². The third-order valence-electron chi connectivity index (χ3n) is 4.97. The van der Waals surface area contributed by atoms with E-state index in [-0.39, 0.29) is 17.5 Å². The van der Waals surface area contributed by atoms with Crippen LogP contribution in [0.4, 0.5) is 0 Å². The molecule has 0 N–H and O–H groups in total. The molecule has 6 heteroatoms. The highest BCUT2D eigenvalue weighted by Gasteiger charge is 2.31. The zero-order valence-electron chi connectivity index (χ0n) is 13.9. The zero-order valence-corrected chi connectivity index (χ0v) is 13.9. The van der Waals surface area contributed by atoms with Crippen molar-refractivity contribution >= 4 is 5.78 Å². The number of carbonyl (C=O) groups is 1. The van der Waals surface area contributed by atoms with Gasteiger partial charge in [0.05, 0.1) is 25.7 Å². The third-order valence-corrected chi connectivity index (χ3v) is 4.97. The Morgan fingerprint density at radius 3 is 2.62 bits per heavy atom. The molecule has 0 amide bonds. The lowest BCUT2D eigenvalue weighted by Crippen LogP contribution is -2.50. The fourth-order valence-electron chi connectivity index (χ4n) is 3.65. The van der Waals surface area contributed by atoms with Crippen LogP contribution in [0.5, 0.6) is 0 Å². The summed E-state index contributed by atoms with van der Waals surface area (Å²) in [5, 5.41) is 4.57. The van der Waals surface area contributed by atoms with Crippen molar-refractivity contribution in [1.82, 2.24) is 19.2 Å². The number of aromatic nitrogens is 3. The fraction of sp³-hybridized carbons (Fsp3) is 0.500. The molecule has 1 fully saturated rings. The van der Waals surface area contributed by atoms with E-state index in [1.54, 1.807) is 4.68 Å². The van der Waals surface area contributed by atoms with Crippen molar-refractivity contribution in [2.75, 3.05) is 19.6 Å². The Morgan fingerprint density at radius 2 is 1.92 bits per heavy atom. The molecule has 0 aliphatic carbocycles. The van der Waals surface area contributed by atoms with Gasteiger partial charge in [0.2, 0.25) is 0 Å². The first-order valence-electron chi connectivity index (χ1n) is 8.58. The molecule has 126 valence electrons. The summed E-state index contributed by atoms with van der Waals surface area (Å²) in [5.41, 5.74) is 2.27. The van der Waals surface area contributed by atoms with Crippen LogP contribution in [0.1, 0.15) is 35.8 Å². The first-order valence-corrected chi connectivity index (χ1v) is 8.58. The van der Waals surface area contributed by atoms with E-state index in [0.29, 0.717) is 19.6 Å². The van der Waals surface area contributed by atoms with Gasteiger partial charge in [-0.2, -0.15) is 5.10 Å². The van der Waals surface area contributed by atoms with E-state index in [2.05, 4.69) is 29.1 Å². The van der Waals surface area contributed by atoms with E-state index in [0.717, 1.165) is 37.2 Å². The Labute approximate surface area is 140 Å². The van der Waals surface area contributed by atoms with Gasteiger partial charge in [-0.05, 0) is 25.3 Å². The molecule has 0 spiro atoms. The summed E-state index contributed by atoms with van der Waals surface area (Å²) < 4.78 is 3.44. The van der Waals surface area contributed by atoms with E-state index < -0.39 is 0 Å². The van der Waals surface area contributed by atoms with Crippen LogP contribution in [0.25, 0.3) is 0 Å². The quantitative estimate of drug-likeness (QED) is 0.846. The highest BCUT2D eigenvalue weighted by Crippen LogP contribution is 2.24. The molecule has 24 heavy (non-hydrogen) atoms. The summed E-state index contributed by atoms with van der Waals surface area (Å²) in [6.45, 7) is 4.38. The molecule has 3 heterocycles. The molecule has 2 aliphatic rings. The number of rotatable bonds is 4. The molecular formula is C18H22N4O2. The fourth-order valence-corrected chi connectivity index (χ4v) is 3.65. The van der Waals surface area contributed by atoms with Gasteiger partial charge in [-0.15, -0.1) is 0 Å². The predicted molar refractivity (Wildman–Crippen MR) is 90.2 cm³/mol. The molecule has 1 atom stereocenters. The second-order valence-corrected chi connectivity index (χ2v) is 6.97. The van der Waals surface area contributed by atoms with Gasteiger partial charge in [0, 0.05) is 13.0 Å². The molecule has 4 rings (SSSR count). The van der Waals surface area contributed by atoms with E-state index in [1.165, 1.54) is 5.56 Å². The minimum atomic E-state index is -0.0258. The Morgan fingerprint density at radius 1 is 1.17 bits per heavy atom. The number of ketones is 1. The normalized spacial score (nSPS) is 20.7. The average Bonchev–Trinajstić information content (AvgIpc) is 2.85. The summed E-state index contributed by atoms with van der Waals surface area (Å²) >= 11 is 0. The number of hydrogen-bond donors (Lipinski definition) is 0. The molecule has 1 aromatic carbocycles. The first kappa shape index (κ1) is 15.3. The van der Waals surface area contributed by atoms with Crippen molar-refractivity contribution in [3.05, 3.63) is 51.7 Å². The topological polar surface area (TPSA) is 60.1 Å². The predicted octanol–water partition coefficient (Wildman–Crippen LogP) is 1.16. The Hall–Kier alpha value is -2.21. The molecule has 2 aliphatic heterocycles. The molecule has 1 aromatic heterocycles. The highest BCUT2D eigenvalue weighted by atomic mass is 16.2. The SMILES string of the molecule is Cc1ccc(Cn2nc3n(c2=O)C(CN2CC(=O)C2)CCC3)cc1. The monoisotopic (exact) mass is 326 g/mol. The second kappa shape index (κ2) is 6.02. The molecule has 6 nitrogen and oxygen atoms in total. The van der Waals surface area contributed by atoms with Gasteiger partial charge in [0.1, 0.15) is 5.82 Å². The highest BCUT2D eigenvalue weighted by molar-refractivity contribution is 5.87. The molecule has 1 unspecified atom stereocenters. The van der Waals surface area contributed by atoms with Gasteiger partial charge < -0.3 is 0 Å². The number of hydrogen-bond acceptors (Lipinski definition) is 4. The van der Waals surface area contributed by atoms with Gasteiger partial charge in [0.25, 0.3) is 0 Å². The van der Waals surface area contributed by atoms with Crippen molar-refractivity contribution in [3.63, 3.8) is 0 Å². The summed E-state index contributed by atoms with van der Waals surface area (Å²) in [4.78, 5) is 26.1. The number of benzene rings is 1. The number of carbonyl (C=O) groups excluding carboxylic acids is 1. The maximum atomic E-state index is 12.8. The van der Waals surface area contributed by atoms with Crippen molar-refractivity contribution in [2.24, 2.45) is 0 Å². The van der Waals surface area contributed by atoms with E-state index in [4.69, 9.17) is 0 Å². The first-order chi connectivity index (χ1) is 11.6. The lowest BCUT2D eigenvalue weighted by molar-refractivity contribution is -0.129. The zero-order chi connectivity index (χ0) is 16.7. The standard InChI is InChI=1S/C18H22N4O2/c1-13-5-7-14(8-6-13)9-21-18(24)22-15(3-2-4-17(22)19-21)10-20-11-16(23)12-20/h5-8,15H,2-4,9-12H2,1H3. The molecule has 0 radical (unpaired) electrons. The van der Waals surface area contributed by atoms with Gasteiger partial charge in [0.15, 0.2) is 5.78 Å². The minimum absolute atomic E-state index is 0.0258. The van der Waals surface area contributed by atoms with E-state index in [1.807, 2.05) is 16.7 Å². The van der Waals surface area contributed by atoms with Crippen LogP contribution in [0, 0.1) is 6.92 Å². The summed E-state index contributed by atoms with van der Waals surface area (Å²) in [6, 6.07) is 8.34. The molecule has 0 bridgehead atoms. The molecule has 0 saturated carbocycles. The second-order valence-electron chi connectivity index (χ2n) is 6.97. The van der Waals surface area contributed by atoms with E-state index in [9.17, 15) is 9.59 Å². The third kappa shape index (κ3) is 2.82. The largest absolute Gasteiger partial charge is 0.346 e. The summed E-state index contributed by atoms with van der Waals surface area (Å²) in [5.74, 6) is 1.17. The van der Waals surface area contributed by atoms with Crippen LogP contribution < -0.4 is 5.69 Å². The van der Waals surface area contributed by atoms with Gasteiger partial charge in [-0.25, -0.2) is 9.48 Å². The molecule has 1 saturated heterocycles. The number of fused-ring (bicyclic) bond motifs is 1. The number of likely N-dealkylation sites (tertiary alicyclic amines) is 1.